The van der Waals surface area contributed by atoms with Crippen LogP contribution in [0.15, 0.2) is 0 Å². The Morgan fingerprint density at radius 1 is 1.75 bits per heavy atom. The maximum Gasteiger partial charge on any atom is 0.321 e. The van der Waals surface area contributed by atoms with Crippen molar-refractivity contribution in [3.05, 3.63) is 0 Å². The van der Waals surface area contributed by atoms with E-state index in [0.29, 0.717) is 0 Å². The van der Waals surface area contributed by atoms with E-state index in [1.165, 1.54) is 0 Å². The van der Waals surface area contributed by atoms with Gasteiger partial charge in [-0.25, -0.2) is 0 Å². The highest BCUT2D eigenvalue weighted by Crippen LogP contribution is 1.68. The molecule has 0 bridgehead atoms. The highest BCUT2D eigenvalue weighted by Gasteiger charge is 2.05. The highest BCUT2D eigenvalue weighted by atomic mass is 35.5. The molecule has 0 aromatic heterocycles. The van der Waals surface area contributed by atoms with Crippen LogP contribution in [-0.4, -0.2) is 23.7 Å². The van der Waals surface area contributed by atoms with E-state index < -0.39 is 12.0 Å². The standard InChI is InChI=1S/C3H8N2O2.ClH/c4-1-2(5)3(6)7;/h2H,1,4-5H2,(H,6,7);1H/t2-;/m0./s1. The van der Waals surface area contributed by atoms with E-state index >= 15 is 0 Å². The lowest BCUT2D eigenvalue weighted by Crippen LogP contribution is -2.37. The number of hydrogen-bond donors (Lipinski definition) is 3. The van der Waals surface area contributed by atoms with Crippen LogP contribution in [0.2, 0.25) is 0 Å². The van der Waals surface area contributed by atoms with Crippen LogP contribution in [0.1, 0.15) is 0 Å². The van der Waals surface area contributed by atoms with Gasteiger partial charge in [-0.3, -0.25) is 4.79 Å². The molecule has 0 aromatic carbocycles. The minimum atomic E-state index is -1.05. The third kappa shape index (κ3) is 3.86. The van der Waals surface area contributed by atoms with E-state index in [4.69, 9.17) is 16.6 Å². The van der Waals surface area contributed by atoms with Crippen molar-refractivity contribution in [3.63, 3.8) is 0 Å². The van der Waals surface area contributed by atoms with Gasteiger partial charge in [0.25, 0.3) is 0 Å². The topological polar surface area (TPSA) is 89.3 Å². The summed E-state index contributed by atoms with van der Waals surface area (Å²) in [6.07, 6.45) is 0. The van der Waals surface area contributed by atoms with Crippen molar-refractivity contribution in [2.24, 2.45) is 11.5 Å². The normalized spacial score (nSPS) is 11.8. The summed E-state index contributed by atoms with van der Waals surface area (Å²) in [5.74, 6) is -1.05. The van der Waals surface area contributed by atoms with Gasteiger partial charge in [0.05, 0.1) is 0 Å². The minimum Gasteiger partial charge on any atom is -0.480 e. The molecule has 5 N–H and O–H groups in total. The van der Waals surface area contributed by atoms with Crippen molar-refractivity contribution < 1.29 is 9.90 Å². The summed E-state index contributed by atoms with van der Waals surface area (Å²) in [4.78, 5) is 9.73. The molecule has 0 unspecified atom stereocenters. The van der Waals surface area contributed by atoms with Crippen LogP contribution in [0.3, 0.4) is 0 Å². The fourth-order valence-corrected chi connectivity index (χ4v) is 0.101. The predicted molar refractivity (Wildman–Crippen MR) is 31.9 cm³/mol. The predicted octanol–water partition coefficient (Wildman–Crippen LogP) is -1.22. The number of hydrogen-bond acceptors (Lipinski definition) is 3. The minimum absolute atomic E-state index is 0. The Balaban J connectivity index is 0. The summed E-state index contributed by atoms with van der Waals surface area (Å²) < 4.78 is 0. The van der Waals surface area contributed by atoms with E-state index in [1.807, 2.05) is 0 Å². The van der Waals surface area contributed by atoms with Crippen LogP contribution >= 0.6 is 12.4 Å². The van der Waals surface area contributed by atoms with E-state index in [2.05, 4.69) is 0 Å². The number of carbonyl (C=O) groups is 1. The van der Waals surface area contributed by atoms with Gasteiger partial charge < -0.3 is 16.6 Å². The maximum absolute atomic E-state index is 9.73. The molecule has 0 aliphatic carbocycles. The average Bonchev–Trinajstić information content (AvgIpc) is 1.65. The first-order valence-electron chi connectivity index (χ1n) is 1.87. The first-order valence-corrected chi connectivity index (χ1v) is 1.87. The second-order valence-corrected chi connectivity index (χ2v) is 1.18. The van der Waals surface area contributed by atoms with Gasteiger partial charge >= 0.3 is 5.97 Å². The largest absolute Gasteiger partial charge is 0.480 e. The van der Waals surface area contributed by atoms with Gasteiger partial charge in [0.15, 0.2) is 0 Å². The van der Waals surface area contributed by atoms with Crippen molar-refractivity contribution in [2.45, 2.75) is 6.04 Å². The zero-order valence-corrected chi connectivity index (χ0v) is 5.02. The van der Waals surface area contributed by atoms with Crippen molar-refractivity contribution in [3.8, 4) is 0 Å². The summed E-state index contributed by atoms with van der Waals surface area (Å²) >= 11 is 0. The Hall–Kier alpha value is -0.320. The second kappa shape index (κ2) is 4.83. The van der Waals surface area contributed by atoms with E-state index in [1.54, 1.807) is 0 Å². The van der Waals surface area contributed by atoms with Crippen molar-refractivity contribution in [1.82, 2.24) is 0 Å². The molecule has 0 aliphatic heterocycles. The van der Waals surface area contributed by atoms with Crippen LogP contribution in [0.4, 0.5) is 0 Å². The quantitative estimate of drug-likeness (QED) is 0.449. The van der Waals surface area contributed by atoms with Crippen molar-refractivity contribution in [1.29, 1.82) is 0 Å². The Morgan fingerprint density at radius 2 is 2.12 bits per heavy atom. The molecule has 5 heteroatoms. The molecule has 0 saturated heterocycles. The Bertz CT molecular complexity index is 77.7. The second-order valence-electron chi connectivity index (χ2n) is 1.18. The fourth-order valence-electron chi connectivity index (χ4n) is 0.101. The lowest BCUT2D eigenvalue weighted by molar-refractivity contribution is -0.138. The molecule has 4 nitrogen and oxygen atoms in total. The monoisotopic (exact) mass is 140 g/mol. The molecule has 0 saturated carbocycles. The molecule has 8 heavy (non-hydrogen) atoms. The third-order valence-electron chi connectivity index (χ3n) is 0.571. The van der Waals surface area contributed by atoms with Gasteiger partial charge in [-0.1, -0.05) is 0 Å². The highest BCUT2D eigenvalue weighted by molar-refractivity contribution is 5.85. The van der Waals surface area contributed by atoms with Gasteiger partial charge in [0.1, 0.15) is 6.04 Å². The lowest BCUT2D eigenvalue weighted by atomic mass is 10.3. The summed E-state index contributed by atoms with van der Waals surface area (Å²) in [7, 11) is 0. The summed E-state index contributed by atoms with van der Waals surface area (Å²) in [5.41, 5.74) is 9.76. The molecule has 0 amide bonds. The van der Waals surface area contributed by atoms with Gasteiger partial charge in [0.2, 0.25) is 0 Å². The van der Waals surface area contributed by atoms with Crippen LogP contribution in [-0.2, 0) is 4.79 Å². The Kier molecular flexibility index (Phi) is 6.41. The number of aliphatic carboxylic acids is 1. The smallest absolute Gasteiger partial charge is 0.321 e. The zero-order valence-electron chi connectivity index (χ0n) is 4.20. The number of carboxylic acids is 1. The maximum atomic E-state index is 9.73. The number of halogens is 1. The van der Waals surface area contributed by atoms with Crippen molar-refractivity contribution >= 4 is 18.4 Å². The van der Waals surface area contributed by atoms with Gasteiger partial charge in [-0.15, -0.1) is 12.4 Å². The van der Waals surface area contributed by atoms with Crippen LogP contribution in [0.25, 0.3) is 0 Å². The number of rotatable bonds is 2. The summed E-state index contributed by atoms with van der Waals surface area (Å²) in [6, 6.07) is -0.903. The molecule has 0 radical (unpaired) electrons. The van der Waals surface area contributed by atoms with E-state index in [9.17, 15) is 4.79 Å². The van der Waals surface area contributed by atoms with E-state index in [0.717, 1.165) is 0 Å². The van der Waals surface area contributed by atoms with E-state index in [-0.39, 0.29) is 19.0 Å². The van der Waals surface area contributed by atoms with Gasteiger partial charge in [-0.2, -0.15) is 0 Å². The number of carboxylic acid groups (broad SMARTS) is 1. The Morgan fingerprint density at radius 3 is 2.12 bits per heavy atom. The number of nitrogens with two attached hydrogens (primary N) is 2. The van der Waals surface area contributed by atoms with Gasteiger partial charge in [-0.05, 0) is 0 Å². The van der Waals surface area contributed by atoms with Crippen LogP contribution < -0.4 is 11.5 Å². The fraction of sp³-hybridized carbons (Fsp3) is 0.667. The average molecular weight is 141 g/mol. The van der Waals surface area contributed by atoms with Crippen molar-refractivity contribution in [2.75, 3.05) is 6.54 Å². The molecule has 0 aromatic rings. The SMILES string of the molecule is Cl.NC[C@H](N)C(=O)O. The Labute approximate surface area is 53.3 Å². The van der Waals surface area contributed by atoms with Gasteiger partial charge in [0, 0.05) is 6.54 Å². The molecule has 0 fully saturated rings. The lowest BCUT2D eigenvalue weighted by Gasteiger charge is -1.97. The first kappa shape index (κ1) is 10.6. The third-order valence-corrected chi connectivity index (χ3v) is 0.571. The molecule has 0 spiro atoms. The molecule has 1 atom stereocenters. The molecule has 0 heterocycles. The first-order chi connectivity index (χ1) is 3.18. The zero-order chi connectivity index (χ0) is 5.86. The molecular weight excluding hydrogens is 131 g/mol. The van der Waals surface area contributed by atoms with Crippen LogP contribution in [0, 0.1) is 0 Å². The molecule has 0 rings (SSSR count). The summed E-state index contributed by atoms with van der Waals surface area (Å²) in [6.45, 7) is -0.00463. The summed E-state index contributed by atoms with van der Waals surface area (Å²) in [5, 5.41) is 7.98. The molecule has 0 aliphatic rings. The molecular formula is C3H9ClN2O2. The van der Waals surface area contributed by atoms with Crippen LogP contribution in [0.5, 0.6) is 0 Å². The molecule has 50 valence electrons.